The van der Waals surface area contributed by atoms with Crippen LogP contribution in [0.3, 0.4) is 0 Å². The second-order valence-corrected chi connectivity index (χ2v) is 4.51. The van der Waals surface area contributed by atoms with E-state index in [2.05, 4.69) is 0 Å². The van der Waals surface area contributed by atoms with E-state index in [1.807, 2.05) is 55.5 Å². The van der Waals surface area contributed by atoms with E-state index in [0.717, 1.165) is 35.7 Å². The molecule has 0 aliphatic heterocycles. The second kappa shape index (κ2) is 7.56. The molecule has 3 nitrogen and oxygen atoms in total. The number of para-hydroxylation sites is 1. The molecule has 106 valence electrons. The molecule has 2 aromatic carbocycles. The lowest BCUT2D eigenvalue weighted by molar-refractivity contribution is 0.335. The van der Waals surface area contributed by atoms with E-state index < -0.39 is 0 Å². The summed E-state index contributed by atoms with van der Waals surface area (Å²) in [6, 6.07) is 15.7. The molecule has 0 heterocycles. The topological polar surface area (TPSA) is 44.5 Å². The summed E-state index contributed by atoms with van der Waals surface area (Å²) >= 11 is 0. The Morgan fingerprint density at radius 2 is 1.80 bits per heavy atom. The zero-order valence-corrected chi connectivity index (χ0v) is 11.8. The van der Waals surface area contributed by atoms with E-state index in [1.165, 1.54) is 0 Å². The summed E-state index contributed by atoms with van der Waals surface area (Å²) in [6.07, 6.45) is 1.84. The fourth-order valence-corrected chi connectivity index (χ4v) is 2.03. The summed E-state index contributed by atoms with van der Waals surface area (Å²) in [5, 5.41) is 0. The standard InChI is InChI=1S/C17H21NO2/c1-2-19-17-11-10-16(13-14(17)7-6-12-18)20-15-8-4-3-5-9-15/h3-5,8-11,13H,2,6-7,12,18H2,1H3. The zero-order valence-electron chi connectivity index (χ0n) is 11.8. The molecule has 0 radical (unpaired) electrons. The van der Waals surface area contributed by atoms with Crippen molar-refractivity contribution in [1.29, 1.82) is 0 Å². The summed E-state index contributed by atoms with van der Waals surface area (Å²) in [6.45, 7) is 3.32. The lowest BCUT2D eigenvalue weighted by Crippen LogP contribution is -2.03. The molecule has 0 fully saturated rings. The van der Waals surface area contributed by atoms with E-state index in [0.29, 0.717) is 13.2 Å². The van der Waals surface area contributed by atoms with Crippen molar-refractivity contribution in [3.8, 4) is 17.2 Å². The van der Waals surface area contributed by atoms with Gasteiger partial charge in [-0.3, -0.25) is 0 Å². The predicted octanol–water partition coefficient (Wildman–Crippen LogP) is 3.77. The minimum absolute atomic E-state index is 0.661. The van der Waals surface area contributed by atoms with Crippen LogP contribution < -0.4 is 15.2 Å². The highest BCUT2D eigenvalue weighted by atomic mass is 16.5. The molecule has 0 aliphatic rings. The monoisotopic (exact) mass is 271 g/mol. The first kappa shape index (κ1) is 14.4. The summed E-state index contributed by atoms with van der Waals surface area (Å²) in [4.78, 5) is 0. The molecule has 2 aromatic rings. The molecule has 0 amide bonds. The summed E-state index contributed by atoms with van der Waals surface area (Å²) in [5.41, 5.74) is 6.73. The molecule has 2 rings (SSSR count). The molecular weight excluding hydrogens is 250 g/mol. The van der Waals surface area contributed by atoms with Crippen LogP contribution >= 0.6 is 0 Å². The van der Waals surface area contributed by atoms with Gasteiger partial charge in [-0.2, -0.15) is 0 Å². The molecule has 0 atom stereocenters. The molecule has 3 heteroatoms. The number of hydrogen-bond acceptors (Lipinski definition) is 3. The van der Waals surface area contributed by atoms with Gasteiger partial charge in [0.05, 0.1) is 6.61 Å². The number of hydrogen-bond donors (Lipinski definition) is 1. The maximum Gasteiger partial charge on any atom is 0.127 e. The van der Waals surface area contributed by atoms with Crippen molar-refractivity contribution < 1.29 is 9.47 Å². The van der Waals surface area contributed by atoms with Gasteiger partial charge in [-0.05, 0) is 62.2 Å². The zero-order chi connectivity index (χ0) is 14.2. The summed E-state index contributed by atoms with van der Waals surface area (Å²) in [5.74, 6) is 2.58. The quantitative estimate of drug-likeness (QED) is 0.833. The average molecular weight is 271 g/mol. The van der Waals surface area contributed by atoms with Crippen LogP contribution in [0.2, 0.25) is 0 Å². The second-order valence-electron chi connectivity index (χ2n) is 4.51. The van der Waals surface area contributed by atoms with Crippen molar-refractivity contribution in [2.75, 3.05) is 13.2 Å². The van der Waals surface area contributed by atoms with Crippen molar-refractivity contribution in [2.24, 2.45) is 5.73 Å². The van der Waals surface area contributed by atoms with Crippen molar-refractivity contribution in [2.45, 2.75) is 19.8 Å². The number of rotatable bonds is 7. The third kappa shape index (κ3) is 4.00. The Balaban J connectivity index is 2.17. The minimum atomic E-state index is 0.661. The molecule has 0 unspecified atom stereocenters. The van der Waals surface area contributed by atoms with Crippen LogP contribution in [0.5, 0.6) is 17.2 Å². The molecular formula is C17H21NO2. The SMILES string of the molecule is CCOc1ccc(Oc2ccccc2)cc1CCCN. The van der Waals surface area contributed by atoms with Gasteiger partial charge in [0.1, 0.15) is 17.2 Å². The van der Waals surface area contributed by atoms with Gasteiger partial charge in [-0.25, -0.2) is 0 Å². The van der Waals surface area contributed by atoms with Crippen LogP contribution in [0.4, 0.5) is 0 Å². The highest BCUT2D eigenvalue weighted by Gasteiger charge is 2.06. The lowest BCUT2D eigenvalue weighted by atomic mass is 10.1. The maximum atomic E-state index is 5.85. The smallest absolute Gasteiger partial charge is 0.127 e. The van der Waals surface area contributed by atoms with Crippen LogP contribution in [0, 0.1) is 0 Å². The van der Waals surface area contributed by atoms with Gasteiger partial charge in [0.25, 0.3) is 0 Å². The predicted molar refractivity (Wildman–Crippen MR) is 81.5 cm³/mol. The first-order valence-corrected chi connectivity index (χ1v) is 7.02. The molecule has 2 N–H and O–H groups in total. The van der Waals surface area contributed by atoms with E-state index in [1.54, 1.807) is 0 Å². The van der Waals surface area contributed by atoms with E-state index >= 15 is 0 Å². The van der Waals surface area contributed by atoms with E-state index in [-0.39, 0.29) is 0 Å². The number of aryl methyl sites for hydroxylation is 1. The van der Waals surface area contributed by atoms with Crippen LogP contribution in [-0.4, -0.2) is 13.2 Å². The summed E-state index contributed by atoms with van der Waals surface area (Å²) < 4.78 is 11.5. The van der Waals surface area contributed by atoms with Crippen LogP contribution in [0.25, 0.3) is 0 Å². The molecule has 20 heavy (non-hydrogen) atoms. The van der Waals surface area contributed by atoms with Crippen LogP contribution in [-0.2, 0) is 6.42 Å². The summed E-state index contributed by atoms with van der Waals surface area (Å²) in [7, 11) is 0. The molecule has 0 aliphatic carbocycles. The Hall–Kier alpha value is -2.00. The Morgan fingerprint density at radius 3 is 2.50 bits per heavy atom. The van der Waals surface area contributed by atoms with Gasteiger partial charge in [-0.15, -0.1) is 0 Å². The molecule has 0 saturated carbocycles. The Kier molecular flexibility index (Phi) is 5.44. The Labute approximate surface area is 120 Å². The van der Waals surface area contributed by atoms with Gasteiger partial charge >= 0.3 is 0 Å². The largest absolute Gasteiger partial charge is 0.494 e. The molecule has 0 spiro atoms. The van der Waals surface area contributed by atoms with Crippen LogP contribution in [0.1, 0.15) is 18.9 Å². The van der Waals surface area contributed by atoms with E-state index in [4.69, 9.17) is 15.2 Å². The Bertz CT molecular complexity index is 526. The third-order valence-electron chi connectivity index (χ3n) is 2.96. The number of nitrogens with two attached hydrogens (primary N) is 1. The first-order chi connectivity index (χ1) is 9.83. The van der Waals surface area contributed by atoms with E-state index in [9.17, 15) is 0 Å². The first-order valence-electron chi connectivity index (χ1n) is 7.02. The van der Waals surface area contributed by atoms with Gasteiger partial charge in [-0.1, -0.05) is 18.2 Å². The van der Waals surface area contributed by atoms with Crippen LogP contribution in [0.15, 0.2) is 48.5 Å². The van der Waals surface area contributed by atoms with Gasteiger partial charge in [0, 0.05) is 0 Å². The normalized spacial score (nSPS) is 10.3. The lowest BCUT2D eigenvalue weighted by Gasteiger charge is -2.12. The Morgan fingerprint density at radius 1 is 1.00 bits per heavy atom. The van der Waals surface area contributed by atoms with Crippen molar-refractivity contribution in [1.82, 2.24) is 0 Å². The van der Waals surface area contributed by atoms with Crippen molar-refractivity contribution >= 4 is 0 Å². The minimum Gasteiger partial charge on any atom is -0.494 e. The highest BCUT2D eigenvalue weighted by molar-refractivity contribution is 5.42. The molecule has 0 bridgehead atoms. The average Bonchev–Trinajstić information content (AvgIpc) is 2.48. The maximum absolute atomic E-state index is 5.85. The van der Waals surface area contributed by atoms with Gasteiger partial charge < -0.3 is 15.2 Å². The fraction of sp³-hybridized carbons (Fsp3) is 0.294. The number of benzene rings is 2. The third-order valence-corrected chi connectivity index (χ3v) is 2.96. The van der Waals surface area contributed by atoms with Gasteiger partial charge in [0.2, 0.25) is 0 Å². The molecule has 0 aromatic heterocycles. The van der Waals surface area contributed by atoms with Crippen molar-refractivity contribution in [3.05, 3.63) is 54.1 Å². The molecule has 0 saturated heterocycles. The van der Waals surface area contributed by atoms with Crippen molar-refractivity contribution in [3.63, 3.8) is 0 Å². The highest BCUT2D eigenvalue weighted by Crippen LogP contribution is 2.28. The fourth-order valence-electron chi connectivity index (χ4n) is 2.03. The number of ether oxygens (including phenoxy) is 2. The van der Waals surface area contributed by atoms with Gasteiger partial charge in [0.15, 0.2) is 0 Å².